The maximum absolute atomic E-state index is 5.91. The Balaban J connectivity index is 1.83. The lowest BCUT2D eigenvalue weighted by molar-refractivity contribution is 0.808. The van der Waals surface area contributed by atoms with Gasteiger partial charge in [-0.25, -0.2) is 4.98 Å². The minimum atomic E-state index is 0.0578. The Morgan fingerprint density at radius 2 is 2.00 bits per heavy atom. The van der Waals surface area contributed by atoms with E-state index in [1.807, 2.05) is 19.2 Å². The molecule has 0 radical (unpaired) electrons. The van der Waals surface area contributed by atoms with E-state index in [0.717, 1.165) is 10.6 Å². The molecule has 2 aromatic rings. The van der Waals surface area contributed by atoms with E-state index in [1.54, 1.807) is 11.8 Å². The molecule has 1 aromatic heterocycles. The first-order chi connectivity index (χ1) is 9.22. The van der Waals surface area contributed by atoms with Crippen LogP contribution in [0.1, 0.15) is 36.1 Å². The summed E-state index contributed by atoms with van der Waals surface area (Å²) < 4.78 is 0. The van der Waals surface area contributed by atoms with Crippen molar-refractivity contribution >= 4 is 11.8 Å². The molecule has 1 atom stereocenters. The summed E-state index contributed by atoms with van der Waals surface area (Å²) in [7, 11) is 0. The zero-order chi connectivity index (χ0) is 13.2. The lowest BCUT2D eigenvalue weighted by atomic mass is 10.1. The number of nitrogens with zero attached hydrogens (tertiary/aromatic N) is 1. The molecule has 1 aliphatic rings. The van der Waals surface area contributed by atoms with Crippen molar-refractivity contribution in [1.29, 1.82) is 0 Å². The third-order valence-corrected chi connectivity index (χ3v) is 4.50. The van der Waals surface area contributed by atoms with Gasteiger partial charge in [-0.1, -0.05) is 17.8 Å². The molecule has 1 aromatic carbocycles. The van der Waals surface area contributed by atoms with Crippen molar-refractivity contribution in [2.24, 2.45) is 5.73 Å². The van der Waals surface area contributed by atoms with Crippen molar-refractivity contribution in [2.45, 2.75) is 42.1 Å². The van der Waals surface area contributed by atoms with Gasteiger partial charge in [0.05, 0.1) is 0 Å². The van der Waals surface area contributed by atoms with Crippen LogP contribution in [0.3, 0.4) is 0 Å². The molecule has 0 amide bonds. The van der Waals surface area contributed by atoms with Crippen LogP contribution in [0.4, 0.5) is 0 Å². The van der Waals surface area contributed by atoms with Gasteiger partial charge in [-0.3, -0.25) is 0 Å². The molecule has 19 heavy (non-hydrogen) atoms. The van der Waals surface area contributed by atoms with Crippen LogP contribution in [-0.2, 0) is 12.8 Å². The van der Waals surface area contributed by atoms with Gasteiger partial charge in [-0.05, 0) is 67.1 Å². The number of hydrogen-bond donors (Lipinski definition) is 1. The molecular weight excluding hydrogens is 252 g/mol. The molecule has 98 valence electrons. The van der Waals surface area contributed by atoms with E-state index < -0.39 is 0 Å². The van der Waals surface area contributed by atoms with Crippen LogP contribution in [0.2, 0.25) is 0 Å². The van der Waals surface area contributed by atoms with Gasteiger partial charge in [-0.15, -0.1) is 0 Å². The second kappa shape index (κ2) is 5.35. The quantitative estimate of drug-likeness (QED) is 0.923. The van der Waals surface area contributed by atoms with E-state index in [-0.39, 0.29) is 6.04 Å². The molecule has 0 aliphatic heterocycles. The molecular formula is C16H18N2S. The molecule has 3 rings (SSSR count). The first kappa shape index (κ1) is 12.7. The van der Waals surface area contributed by atoms with Crippen molar-refractivity contribution in [1.82, 2.24) is 4.98 Å². The smallest absolute Gasteiger partial charge is 0.101 e. The number of hydrogen-bond acceptors (Lipinski definition) is 3. The van der Waals surface area contributed by atoms with Gasteiger partial charge >= 0.3 is 0 Å². The van der Waals surface area contributed by atoms with Crippen LogP contribution < -0.4 is 5.73 Å². The minimum Gasteiger partial charge on any atom is -0.324 e. The molecule has 0 saturated heterocycles. The second-order valence-corrected chi connectivity index (χ2v) is 6.20. The Hall–Kier alpha value is -1.32. The SMILES string of the molecule is C[C@H](N)c1ccnc(Sc2ccc3c(c2)CCC3)c1. The van der Waals surface area contributed by atoms with Gasteiger partial charge in [0.2, 0.25) is 0 Å². The van der Waals surface area contributed by atoms with E-state index in [2.05, 4.69) is 29.2 Å². The van der Waals surface area contributed by atoms with Crippen molar-refractivity contribution in [3.63, 3.8) is 0 Å². The second-order valence-electron chi connectivity index (χ2n) is 5.10. The number of fused-ring (bicyclic) bond motifs is 1. The molecule has 0 fully saturated rings. The zero-order valence-corrected chi connectivity index (χ0v) is 11.9. The molecule has 0 unspecified atom stereocenters. The Morgan fingerprint density at radius 3 is 2.84 bits per heavy atom. The van der Waals surface area contributed by atoms with Crippen LogP contribution in [0.25, 0.3) is 0 Å². The number of pyridine rings is 1. The average molecular weight is 270 g/mol. The standard InChI is InChI=1S/C16H18N2S/c1-11(17)13-7-8-18-16(10-13)19-15-6-5-12-3-2-4-14(12)9-15/h5-11H,2-4,17H2,1H3/t11-/m0/s1. The highest BCUT2D eigenvalue weighted by molar-refractivity contribution is 7.99. The van der Waals surface area contributed by atoms with E-state index in [1.165, 1.54) is 35.3 Å². The first-order valence-electron chi connectivity index (χ1n) is 6.73. The lowest BCUT2D eigenvalue weighted by Crippen LogP contribution is -2.04. The van der Waals surface area contributed by atoms with Crippen LogP contribution >= 0.6 is 11.8 Å². The summed E-state index contributed by atoms with van der Waals surface area (Å²) in [5.74, 6) is 0. The van der Waals surface area contributed by atoms with E-state index in [4.69, 9.17) is 5.73 Å². The van der Waals surface area contributed by atoms with Gasteiger partial charge in [0.25, 0.3) is 0 Å². The normalized spacial score (nSPS) is 15.3. The first-order valence-corrected chi connectivity index (χ1v) is 7.55. The van der Waals surface area contributed by atoms with Crippen LogP contribution in [0.15, 0.2) is 46.5 Å². The summed E-state index contributed by atoms with van der Waals surface area (Å²) in [6.07, 6.45) is 5.59. The maximum Gasteiger partial charge on any atom is 0.101 e. The van der Waals surface area contributed by atoms with E-state index >= 15 is 0 Å². The van der Waals surface area contributed by atoms with Crippen molar-refractivity contribution < 1.29 is 0 Å². The predicted octanol–water partition coefficient (Wildman–Crippen LogP) is 3.74. The summed E-state index contributed by atoms with van der Waals surface area (Å²) in [6.45, 7) is 2.00. The fraction of sp³-hybridized carbons (Fsp3) is 0.312. The van der Waals surface area contributed by atoms with Crippen LogP contribution in [0.5, 0.6) is 0 Å². The van der Waals surface area contributed by atoms with Crippen molar-refractivity contribution in [2.75, 3.05) is 0 Å². The third kappa shape index (κ3) is 2.82. The summed E-state index contributed by atoms with van der Waals surface area (Å²) in [5, 5.41) is 1.02. The number of rotatable bonds is 3. The number of nitrogens with two attached hydrogens (primary N) is 1. The van der Waals surface area contributed by atoms with Crippen molar-refractivity contribution in [3.05, 3.63) is 53.2 Å². The maximum atomic E-state index is 5.91. The summed E-state index contributed by atoms with van der Waals surface area (Å²) >= 11 is 1.72. The van der Waals surface area contributed by atoms with Crippen LogP contribution in [0, 0.1) is 0 Å². The van der Waals surface area contributed by atoms with Gasteiger partial charge in [-0.2, -0.15) is 0 Å². The summed E-state index contributed by atoms with van der Waals surface area (Å²) in [6, 6.07) is 10.9. The summed E-state index contributed by atoms with van der Waals surface area (Å²) in [4.78, 5) is 5.69. The predicted molar refractivity (Wildman–Crippen MR) is 79.4 cm³/mol. The monoisotopic (exact) mass is 270 g/mol. The van der Waals surface area contributed by atoms with Crippen molar-refractivity contribution in [3.8, 4) is 0 Å². The number of aromatic nitrogens is 1. The van der Waals surface area contributed by atoms with E-state index in [9.17, 15) is 0 Å². The molecule has 0 bridgehead atoms. The molecule has 1 heterocycles. The average Bonchev–Trinajstić information content (AvgIpc) is 2.86. The fourth-order valence-corrected chi connectivity index (χ4v) is 3.38. The summed E-state index contributed by atoms with van der Waals surface area (Å²) in [5.41, 5.74) is 10.1. The lowest BCUT2D eigenvalue weighted by Gasteiger charge is -2.08. The Kier molecular flexibility index (Phi) is 3.58. The number of benzene rings is 1. The molecule has 1 aliphatic carbocycles. The topological polar surface area (TPSA) is 38.9 Å². The Bertz CT molecular complexity index is 593. The van der Waals surface area contributed by atoms with E-state index in [0.29, 0.717) is 0 Å². The molecule has 2 N–H and O–H groups in total. The van der Waals surface area contributed by atoms with Crippen LogP contribution in [-0.4, -0.2) is 4.98 Å². The minimum absolute atomic E-state index is 0.0578. The molecule has 0 saturated carbocycles. The van der Waals surface area contributed by atoms with Gasteiger partial charge < -0.3 is 5.73 Å². The molecule has 3 heteroatoms. The molecule has 0 spiro atoms. The van der Waals surface area contributed by atoms with Gasteiger partial charge in [0.1, 0.15) is 5.03 Å². The highest BCUT2D eigenvalue weighted by Crippen LogP contribution is 2.31. The Labute approximate surface area is 118 Å². The Morgan fingerprint density at radius 1 is 1.16 bits per heavy atom. The molecule has 2 nitrogen and oxygen atoms in total. The van der Waals surface area contributed by atoms with Gasteiger partial charge in [0, 0.05) is 17.1 Å². The fourth-order valence-electron chi connectivity index (χ4n) is 2.50. The third-order valence-electron chi connectivity index (χ3n) is 3.58. The zero-order valence-electron chi connectivity index (χ0n) is 11.1. The highest BCUT2D eigenvalue weighted by atomic mass is 32.2. The van der Waals surface area contributed by atoms with Gasteiger partial charge in [0.15, 0.2) is 0 Å². The largest absolute Gasteiger partial charge is 0.324 e. The number of aryl methyl sites for hydroxylation is 2. The highest BCUT2D eigenvalue weighted by Gasteiger charge is 2.11.